The number of anilines is 1. The second-order valence-corrected chi connectivity index (χ2v) is 8.14. The summed E-state index contributed by atoms with van der Waals surface area (Å²) in [6, 6.07) is 14.0. The van der Waals surface area contributed by atoms with Crippen molar-refractivity contribution in [1.29, 1.82) is 0 Å². The summed E-state index contributed by atoms with van der Waals surface area (Å²) < 4.78 is 7.35. The van der Waals surface area contributed by atoms with Crippen molar-refractivity contribution in [3.63, 3.8) is 0 Å². The molecule has 0 saturated heterocycles. The third-order valence-electron chi connectivity index (χ3n) is 4.81. The summed E-state index contributed by atoms with van der Waals surface area (Å²) in [5.41, 5.74) is 5.09. The topological polar surface area (TPSA) is 85.8 Å². The highest BCUT2D eigenvalue weighted by atomic mass is 32.2. The molecule has 0 saturated carbocycles. The predicted molar refractivity (Wildman–Crippen MR) is 117 cm³/mol. The van der Waals surface area contributed by atoms with Crippen molar-refractivity contribution < 1.29 is 9.32 Å². The van der Waals surface area contributed by atoms with Crippen LogP contribution in [0.1, 0.15) is 29.3 Å². The number of aryl methyl sites for hydroxylation is 4. The molecule has 1 N–H and O–H groups in total. The fourth-order valence-electron chi connectivity index (χ4n) is 3.22. The van der Waals surface area contributed by atoms with Crippen LogP contribution in [0.3, 0.4) is 0 Å². The van der Waals surface area contributed by atoms with Crippen LogP contribution in [0.5, 0.6) is 0 Å². The van der Waals surface area contributed by atoms with Crippen LogP contribution in [0.15, 0.2) is 52.1 Å². The number of imidazole rings is 1. The van der Waals surface area contributed by atoms with E-state index >= 15 is 0 Å². The van der Waals surface area contributed by atoms with Gasteiger partial charge in [-0.15, -0.1) is 0 Å². The van der Waals surface area contributed by atoms with Gasteiger partial charge in [-0.2, -0.15) is 4.98 Å². The van der Waals surface area contributed by atoms with Gasteiger partial charge in [0, 0.05) is 25.6 Å². The van der Waals surface area contributed by atoms with Gasteiger partial charge in [-0.05, 0) is 37.6 Å². The average Bonchev–Trinajstić information content (AvgIpc) is 3.31. The van der Waals surface area contributed by atoms with Gasteiger partial charge in [0.15, 0.2) is 11.0 Å². The first kappa shape index (κ1) is 20.2. The molecule has 0 unspecified atom stereocenters. The smallest absolute Gasteiger partial charge is 0.227 e. The fourth-order valence-corrected chi connectivity index (χ4v) is 4.05. The van der Waals surface area contributed by atoms with Crippen molar-refractivity contribution in [2.24, 2.45) is 7.05 Å². The van der Waals surface area contributed by atoms with Crippen LogP contribution < -0.4 is 5.32 Å². The Morgan fingerprint density at radius 1 is 1.17 bits per heavy atom. The molecule has 0 spiro atoms. The largest absolute Gasteiger partial charge is 0.339 e. The number of carbonyl (C=O) groups excluding carboxylic acids is 1. The molecular formula is C22H23N5O2S. The van der Waals surface area contributed by atoms with Gasteiger partial charge in [0.1, 0.15) is 0 Å². The number of hydrogen-bond acceptors (Lipinski definition) is 6. The molecule has 0 atom stereocenters. The summed E-state index contributed by atoms with van der Waals surface area (Å²) >= 11 is 1.56. The average molecular weight is 422 g/mol. The van der Waals surface area contributed by atoms with Crippen LogP contribution >= 0.6 is 11.8 Å². The van der Waals surface area contributed by atoms with E-state index in [0.29, 0.717) is 23.9 Å². The van der Waals surface area contributed by atoms with Crippen LogP contribution in [0.2, 0.25) is 0 Å². The Labute approximate surface area is 178 Å². The zero-order chi connectivity index (χ0) is 21.1. The standard InChI is InChI=1S/C22H23N5O2S/c1-14-8-9-16(15(2)12-14)23-20(28)10-11-21-25-19(26-29-21)13-30-22-24-17-6-4-5-7-18(17)27(22)3/h4-9,12H,10-11,13H2,1-3H3,(H,23,28). The molecule has 2 aromatic carbocycles. The number of rotatable bonds is 7. The quantitative estimate of drug-likeness (QED) is 0.444. The van der Waals surface area contributed by atoms with E-state index in [1.54, 1.807) is 11.8 Å². The molecule has 0 aliphatic rings. The molecule has 1 amide bonds. The second-order valence-electron chi connectivity index (χ2n) is 7.20. The summed E-state index contributed by atoms with van der Waals surface area (Å²) in [7, 11) is 1.99. The zero-order valence-corrected chi connectivity index (χ0v) is 18.0. The van der Waals surface area contributed by atoms with Crippen molar-refractivity contribution in [2.45, 2.75) is 37.6 Å². The molecule has 7 nitrogen and oxygen atoms in total. The van der Waals surface area contributed by atoms with Gasteiger partial charge in [0.25, 0.3) is 0 Å². The van der Waals surface area contributed by atoms with Crippen molar-refractivity contribution in [1.82, 2.24) is 19.7 Å². The molecule has 30 heavy (non-hydrogen) atoms. The molecule has 154 valence electrons. The van der Waals surface area contributed by atoms with E-state index in [0.717, 1.165) is 27.4 Å². The van der Waals surface area contributed by atoms with Crippen LogP contribution in [0.4, 0.5) is 5.69 Å². The molecular weight excluding hydrogens is 398 g/mol. The number of nitrogens with one attached hydrogen (secondary N) is 1. The molecule has 0 bridgehead atoms. The van der Waals surface area contributed by atoms with Gasteiger partial charge >= 0.3 is 0 Å². The first-order valence-corrected chi connectivity index (χ1v) is 10.7. The highest BCUT2D eigenvalue weighted by molar-refractivity contribution is 7.98. The highest BCUT2D eigenvalue weighted by Crippen LogP contribution is 2.25. The van der Waals surface area contributed by atoms with E-state index in [2.05, 4.69) is 25.0 Å². The summed E-state index contributed by atoms with van der Waals surface area (Å²) in [6.07, 6.45) is 0.688. The molecule has 0 aliphatic carbocycles. The van der Waals surface area contributed by atoms with Crippen molar-refractivity contribution in [2.75, 3.05) is 5.32 Å². The van der Waals surface area contributed by atoms with Gasteiger partial charge in [-0.25, -0.2) is 4.98 Å². The lowest BCUT2D eigenvalue weighted by Crippen LogP contribution is -2.13. The minimum absolute atomic E-state index is 0.0734. The number of benzene rings is 2. The minimum atomic E-state index is -0.0734. The van der Waals surface area contributed by atoms with Gasteiger partial charge in [-0.3, -0.25) is 4.79 Å². The Hall–Kier alpha value is -3.13. The second kappa shape index (κ2) is 8.71. The lowest BCUT2D eigenvalue weighted by Gasteiger charge is -2.08. The number of thioether (sulfide) groups is 1. The maximum absolute atomic E-state index is 12.2. The van der Waals surface area contributed by atoms with Crippen LogP contribution in [0, 0.1) is 13.8 Å². The number of amides is 1. The molecule has 0 radical (unpaired) electrons. The molecule has 2 heterocycles. The maximum Gasteiger partial charge on any atom is 0.227 e. The summed E-state index contributed by atoms with van der Waals surface area (Å²) in [4.78, 5) is 21.3. The molecule has 2 aromatic heterocycles. The number of nitrogens with zero attached hydrogens (tertiary/aromatic N) is 4. The predicted octanol–water partition coefficient (Wildman–Crippen LogP) is 4.44. The molecule has 4 rings (SSSR count). The molecule has 0 aliphatic heterocycles. The monoisotopic (exact) mass is 421 g/mol. The van der Waals surface area contributed by atoms with Crippen molar-refractivity contribution in [3.8, 4) is 0 Å². The van der Waals surface area contributed by atoms with Crippen LogP contribution in [-0.2, 0) is 24.0 Å². The minimum Gasteiger partial charge on any atom is -0.339 e. The SMILES string of the molecule is Cc1ccc(NC(=O)CCc2nc(CSc3nc4ccccc4n3C)no2)c(C)c1. The van der Waals surface area contributed by atoms with Crippen LogP contribution in [-0.4, -0.2) is 25.6 Å². The molecule has 4 aromatic rings. The Morgan fingerprint density at radius 3 is 2.80 bits per heavy atom. The number of hydrogen-bond donors (Lipinski definition) is 1. The number of aromatic nitrogens is 4. The molecule has 0 fully saturated rings. The van der Waals surface area contributed by atoms with Gasteiger partial charge in [0.05, 0.1) is 16.8 Å². The number of fused-ring (bicyclic) bond motifs is 1. The molecule has 8 heteroatoms. The van der Waals surface area contributed by atoms with E-state index in [-0.39, 0.29) is 12.3 Å². The third kappa shape index (κ3) is 4.54. The van der Waals surface area contributed by atoms with E-state index in [1.807, 2.05) is 63.4 Å². The lowest BCUT2D eigenvalue weighted by atomic mass is 10.1. The summed E-state index contributed by atoms with van der Waals surface area (Å²) in [6.45, 7) is 4.01. The Kier molecular flexibility index (Phi) is 5.85. The Morgan fingerprint density at radius 2 is 2.00 bits per heavy atom. The van der Waals surface area contributed by atoms with E-state index in [1.165, 1.54) is 5.56 Å². The number of para-hydroxylation sites is 2. The van der Waals surface area contributed by atoms with E-state index < -0.39 is 0 Å². The highest BCUT2D eigenvalue weighted by Gasteiger charge is 2.13. The van der Waals surface area contributed by atoms with Gasteiger partial charge < -0.3 is 14.4 Å². The first-order valence-electron chi connectivity index (χ1n) is 9.72. The van der Waals surface area contributed by atoms with E-state index in [9.17, 15) is 4.79 Å². The normalized spacial score (nSPS) is 11.2. The zero-order valence-electron chi connectivity index (χ0n) is 17.2. The summed E-state index contributed by atoms with van der Waals surface area (Å²) in [5.74, 6) is 1.54. The number of carbonyl (C=O) groups is 1. The fraction of sp³-hybridized carbons (Fsp3) is 0.273. The Balaban J connectivity index is 1.30. The van der Waals surface area contributed by atoms with Crippen LogP contribution in [0.25, 0.3) is 11.0 Å². The third-order valence-corrected chi connectivity index (χ3v) is 5.83. The van der Waals surface area contributed by atoms with Gasteiger partial charge in [-0.1, -0.05) is 46.7 Å². The first-order chi connectivity index (χ1) is 14.5. The van der Waals surface area contributed by atoms with Crippen molar-refractivity contribution >= 4 is 34.4 Å². The van der Waals surface area contributed by atoms with Gasteiger partial charge in [0.2, 0.25) is 11.8 Å². The summed E-state index contributed by atoms with van der Waals surface area (Å²) in [5, 5.41) is 7.86. The van der Waals surface area contributed by atoms with Crippen molar-refractivity contribution in [3.05, 3.63) is 65.3 Å². The Bertz CT molecular complexity index is 1200. The lowest BCUT2D eigenvalue weighted by molar-refractivity contribution is -0.116. The van der Waals surface area contributed by atoms with E-state index in [4.69, 9.17) is 4.52 Å². The maximum atomic E-state index is 12.2.